The van der Waals surface area contributed by atoms with Crippen LogP contribution in [0.1, 0.15) is 20.3 Å². The van der Waals surface area contributed by atoms with E-state index < -0.39 is 0 Å². The summed E-state index contributed by atoms with van der Waals surface area (Å²) in [5.74, 6) is 0. The minimum absolute atomic E-state index is 0. The molecule has 0 saturated carbocycles. The van der Waals surface area contributed by atoms with Crippen molar-refractivity contribution in [2.45, 2.75) is 25.5 Å². The first-order valence-electron chi connectivity index (χ1n) is 2.34. The van der Waals surface area contributed by atoms with E-state index in [9.17, 15) is 0 Å². The summed E-state index contributed by atoms with van der Waals surface area (Å²) in [5, 5.41) is 0.852. The van der Waals surface area contributed by atoms with E-state index >= 15 is 0 Å². The van der Waals surface area contributed by atoms with Gasteiger partial charge in [0.05, 0.1) is 0 Å². The Morgan fingerprint density at radius 3 is 2.00 bits per heavy atom. The van der Waals surface area contributed by atoms with E-state index in [2.05, 4.69) is 20.1 Å². The molecule has 0 aromatic heterocycles. The summed E-state index contributed by atoms with van der Waals surface area (Å²) in [6, 6.07) is 0. The molecule has 2 heteroatoms. The van der Waals surface area contributed by atoms with Gasteiger partial charge in [0.2, 0.25) is 0 Å². The molecular weight excluding hydrogens is 181 g/mol. The minimum atomic E-state index is 0. The predicted molar refractivity (Wildman–Crippen MR) is 33.3 cm³/mol. The molecule has 0 nitrogen and oxygen atoms in total. The van der Waals surface area contributed by atoms with Gasteiger partial charge < -0.3 is 0 Å². The van der Waals surface area contributed by atoms with E-state index in [1.54, 1.807) is 0 Å². The van der Waals surface area contributed by atoms with Crippen LogP contribution in [0, 0.1) is 0 Å². The number of hydrogen-bond acceptors (Lipinski definition) is 1. The predicted octanol–water partition coefficient (Wildman–Crippen LogP) is 2.15. The molecule has 0 N–H and O–H groups in total. The molecule has 0 saturated heterocycles. The number of hydrogen-bond donors (Lipinski definition) is 0. The fraction of sp³-hybridized carbons (Fsp3) is 1.00. The standard InChI is InChI=1S/C5H12S.Y/c1-4-5(2)6-3;/h5H,4H2,1-3H3;. The van der Waals surface area contributed by atoms with Crippen LogP contribution in [0.25, 0.3) is 0 Å². The largest absolute Gasteiger partial charge is 0.162 e. The van der Waals surface area contributed by atoms with Crippen molar-refractivity contribution in [2.24, 2.45) is 0 Å². The van der Waals surface area contributed by atoms with Gasteiger partial charge in [-0.3, -0.25) is 0 Å². The SMILES string of the molecule is CCC(C)SC.[Y]. The molecule has 0 fully saturated rings. The Bertz CT molecular complexity index is 27.3. The van der Waals surface area contributed by atoms with Gasteiger partial charge in [0.15, 0.2) is 0 Å². The first kappa shape index (κ1) is 11.3. The first-order valence-corrected chi connectivity index (χ1v) is 3.62. The Morgan fingerprint density at radius 1 is 1.57 bits per heavy atom. The van der Waals surface area contributed by atoms with Crippen LogP contribution < -0.4 is 0 Å². The average Bonchev–Trinajstić information content (AvgIpc) is 1.65. The molecular formula is C5H12SY. The number of rotatable bonds is 2. The zero-order chi connectivity index (χ0) is 4.99. The fourth-order valence-corrected chi connectivity index (χ4v) is 0.500. The molecule has 1 atom stereocenters. The van der Waals surface area contributed by atoms with Gasteiger partial charge in [0.1, 0.15) is 0 Å². The van der Waals surface area contributed by atoms with E-state index in [0.29, 0.717) is 0 Å². The summed E-state index contributed by atoms with van der Waals surface area (Å²) >= 11 is 1.92. The van der Waals surface area contributed by atoms with Crippen molar-refractivity contribution in [2.75, 3.05) is 6.26 Å². The monoisotopic (exact) mass is 193 g/mol. The summed E-state index contributed by atoms with van der Waals surface area (Å²) in [7, 11) is 0. The van der Waals surface area contributed by atoms with Crippen LogP contribution in [0.4, 0.5) is 0 Å². The van der Waals surface area contributed by atoms with Gasteiger partial charge in [0.25, 0.3) is 0 Å². The van der Waals surface area contributed by atoms with Crippen molar-refractivity contribution >= 4 is 11.8 Å². The van der Waals surface area contributed by atoms with Gasteiger partial charge in [-0.15, -0.1) is 0 Å². The molecule has 0 aliphatic rings. The Labute approximate surface area is 75.7 Å². The van der Waals surface area contributed by atoms with Crippen LogP contribution in [-0.2, 0) is 32.7 Å². The molecule has 0 aliphatic carbocycles. The second-order valence-electron chi connectivity index (χ2n) is 1.45. The van der Waals surface area contributed by atoms with Crippen molar-refractivity contribution in [1.82, 2.24) is 0 Å². The molecule has 0 aromatic carbocycles. The molecule has 7 heavy (non-hydrogen) atoms. The van der Waals surface area contributed by atoms with Crippen LogP contribution >= 0.6 is 11.8 Å². The van der Waals surface area contributed by atoms with Crippen LogP contribution in [0.5, 0.6) is 0 Å². The zero-order valence-corrected chi connectivity index (χ0v) is 8.92. The van der Waals surface area contributed by atoms with Crippen LogP contribution in [-0.4, -0.2) is 11.5 Å². The summed E-state index contributed by atoms with van der Waals surface area (Å²) in [5.41, 5.74) is 0. The van der Waals surface area contributed by atoms with E-state index in [-0.39, 0.29) is 32.7 Å². The molecule has 0 aromatic rings. The van der Waals surface area contributed by atoms with Gasteiger partial charge in [-0.25, -0.2) is 0 Å². The summed E-state index contributed by atoms with van der Waals surface area (Å²) in [6.45, 7) is 4.45. The third-order valence-corrected chi connectivity index (χ3v) is 2.12. The second kappa shape index (κ2) is 7.45. The smallest absolute Gasteiger partial charge is 0.00133 e. The zero-order valence-electron chi connectivity index (χ0n) is 5.27. The Hall–Kier alpha value is 1.45. The number of thioether (sulfide) groups is 1. The van der Waals surface area contributed by atoms with Gasteiger partial charge in [-0.05, 0) is 12.7 Å². The molecule has 0 spiro atoms. The topological polar surface area (TPSA) is 0 Å². The maximum absolute atomic E-state index is 2.24. The van der Waals surface area contributed by atoms with E-state index in [4.69, 9.17) is 0 Å². The van der Waals surface area contributed by atoms with E-state index in [0.717, 1.165) is 5.25 Å². The molecule has 0 aliphatic heterocycles. The molecule has 0 bridgehead atoms. The van der Waals surface area contributed by atoms with Crippen LogP contribution in [0.15, 0.2) is 0 Å². The van der Waals surface area contributed by atoms with Gasteiger partial charge in [-0.2, -0.15) is 11.8 Å². The normalized spacial score (nSPS) is 12.4. The van der Waals surface area contributed by atoms with Crippen molar-refractivity contribution in [3.8, 4) is 0 Å². The Balaban J connectivity index is 0. The van der Waals surface area contributed by atoms with E-state index in [1.165, 1.54) is 6.42 Å². The molecule has 0 rings (SSSR count). The van der Waals surface area contributed by atoms with Crippen LogP contribution in [0.2, 0.25) is 0 Å². The summed E-state index contributed by atoms with van der Waals surface area (Å²) in [6.07, 6.45) is 3.44. The van der Waals surface area contributed by atoms with Gasteiger partial charge in [-0.1, -0.05) is 13.8 Å². The summed E-state index contributed by atoms with van der Waals surface area (Å²) < 4.78 is 0. The average molecular weight is 193 g/mol. The molecule has 0 heterocycles. The molecule has 1 unspecified atom stereocenters. The van der Waals surface area contributed by atoms with E-state index in [1.807, 2.05) is 11.8 Å². The fourth-order valence-electron chi connectivity index (χ4n) is 0.167. The second-order valence-corrected chi connectivity index (χ2v) is 2.73. The van der Waals surface area contributed by atoms with Gasteiger partial charge >= 0.3 is 0 Å². The third-order valence-electron chi connectivity index (χ3n) is 0.977. The van der Waals surface area contributed by atoms with Crippen molar-refractivity contribution < 1.29 is 32.7 Å². The quantitative estimate of drug-likeness (QED) is 0.647. The van der Waals surface area contributed by atoms with Crippen LogP contribution in [0.3, 0.4) is 0 Å². The Kier molecular flexibility index (Phi) is 12.0. The molecule has 0 amide bonds. The van der Waals surface area contributed by atoms with Crippen molar-refractivity contribution in [3.63, 3.8) is 0 Å². The molecule has 41 valence electrons. The summed E-state index contributed by atoms with van der Waals surface area (Å²) in [4.78, 5) is 0. The first-order chi connectivity index (χ1) is 2.81. The van der Waals surface area contributed by atoms with Gasteiger partial charge in [0, 0.05) is 38.0 Å². The minimum Gasteiger partial charge on any atom is -0.162 e. The third kappa shape index (κ3) is 7.45. The van der Waals surface area contributed by atoms with Crippen molar-refractivity contribution in [1.29, 1.82) is 0 Å². The van der Waals surface area contributed by atoms with Crippen molar-refractivity contribution in [3.05, 3.63) is 0 Å². The maximum atomic E-state index is 2.24. The Morgan fingerprint density at radius 2 is 2.00 bits per heavy atom. The maximum Gasteiger partial charge on any atom is 0.00133 e. The molecule has 1 radical (unpaired) electrons.